The number of carbonyl (C=O) groups excluding carboxylic acids is 1. The fraction of sp³-hybridized carbons (Fsp3) is 0.467. The van der Waals surface area contributed by atoms with E-state index >= 15 is 0 Å². The SMILES string of the molecule is O=C(O)C1(C(=O)N2CCC(Oc3ccc(Cl)c(Cl)c3)C2)CC1. The van der Waals surface area contributed by atoms with Crippen molar-refractivity contribution in [2.75, 3.05) is 13.1 Å². The van der Waals surface area contributed by atoms with E-state index in [1.807, 2.05) is 0 Å². The van der Waals surface area contributed by atoms with Crippen LogP contribution in [0.5, 0.6) is 5.75 Å². The molecule has 1 aromatic carbocycles. The number of carboxylic acids is 1. The summed E-state index contributed by atoms with van der Waals surface area (Å²) in [5.41, 5.74) is -1.18. The van der Waals surface area contributed by atoms with Crippen LogP contribution in [0, 0.1) is 5.41 Å². The number of hydrogen-bond donors (Lipinski definition) is 1. The Bertz CT molecular complexity index is 630. The Labute approximate surface area is 137 Å². The van der Waals surface area contributed by atoms with E-state index in [2.05, 4.69) is 0 Å². The first kappa shape index (κ1) is 15.4. The Balaban J connectivity index is 1.62. The summed E-state index contributed by atoms with van der Waals surface area (Å²) in [6.45, 7) is 0.911. The number of likely N-dealkylation sites (tertiary alicyclic amines) is 1. The van der Waals surface area contributed by atoms with Crippen LogP contribution >= 0.6 is 23.2 Å². The molecule has 0 bridgehead atoms. The van der Waals surface area contributed by atoms with Crippen molar-refractivity contribution in [2.45, 2.75) is 25.4 Å². The van der Waals surface area contributed by atoms with Gasteiger partial charge in [-0.3, -0.25) is 9.59 Å². The van der Waals surface area contributed by atoms with Crippen LogP contribution in [0.4, 0.5) is 0 Å². The van der Waals surface area contributed by atoms with Crippen LogP contribution < -0.4 is 4.74 Å². The number of rotatable bonds is 4. The molecule has 1 saturated heterocycles. The summed E-state index contributed by atoms with van der Waals surface area (Å²) in [6, 6.07) is 5.01. The highest BCUT2D eigenvalue weighted by atomic mass is 35.5. The minimum atomic E-state index is -1.18. The van der Waals surface area contributed by atoms with Crippen molar-refractivity contribution in [3.8, 4) is 5.75 Å². The minimum Gasteiger partial charge on any atom is -0.488 e. The number of aliphatic carboxylic acids is 1. The molecule has 1 heterocycles. The smallest absolute Gasteiger partial charge is 0.319 e. The Morgan fingerprint density at radius 2 is 2.00 bits per heavy atom. The van der Waals surface area contributed by atoms with Gasteiger partial charge in [-0.05, 0) is 25.0 Å². The van der Waals surface area contributed by atoms with E-state index in [0.29, 0.717) is 48.1 Å². The number of benzene rings is 1. The molecule has 0 radical (unpaired) electrons. The van der Waals surface area contributed by atoms with Gasteiger partial charge in [-0.1, -0.05) is 23.2 Å². The molecular weight excluding hydrogens is 329 g/mol. The lowest BCUT2D eigenvalue weighted by Gasteiger charge is -2.20. The van der Waals surface area contributed by atoms with Gasteiger partial charge >= 0.3 is 5.97 Å². The van der Waals surface area contributed by atoms with Crippen molar-refractivity contribution < 1.29 is 19.4 Å². The summed E-state index contributed by atoms with van der Waals surface area (Å²) in [6.07, 6.45) is 1.36. The molecule has 5 nitrogen and oxygen atoms in total. The lowest BCUT2D eigenvalue weighted by atomic mass is 10.1. The van der Waals surface area contributed by atoms with Gasteiger partial charge in [0.2, 0.25) is 5.91 Å². The van der Waals surface area contributed by atoms with Gasteiger partial charge in [0, 0.05) is 19.0 Å². The Kier molecular flexibility index (Phi) is 3.95. The zero-order valence-corrected chi connectivity index (χ0v) is 13.2. The molecule has 1 N–H and O–H groups in total. The molecule has 118 valence electrons. The van der Waals surface area contributed by atoms with Crippen LogP contribution in [0.2, 0.25) is 10.0 Å². The molecule has 0 aromatic heterocycles. The normalized spacial score (nSPS) is 22.5. The predicted octanol–water partition coefficient (Wildman–Crippen LogP) is 2.84. The van der Waals surface area contributed by atoms with Crippen LogP contribution in [0.25, 0.3) is 0 Å². The zero-order chi connectivity index (χ0) is 15.9. The topological polar surface area (TPSA) is 66.8 Å². The highest BCUT2D eigenvalue weighted by Gasteiger charge is 2.59. The average Bonchev–Trinajstić information content (AvgIpc) is 3.17. The van der Waals surface area contributed by atoms with Crippen LogP contribution in [0.3, 0.4) is 0 Å². The first-order valence-corrected chi connectivity index (χ1v) is 7.82. The van der Waals surface area contributed by atoms with Gasteiger partial charge in [-0.2, -0.15) is 0 Å². The van der Waals surface area contributed by atoms with Gasteiger partial charge in [-0.15, -0.1) is 0 Å². The zero-order valence-electron chi connectivity index (χ0n) is 11.7. The fourth-order valence-electron chi connectivity index (χ4n) is 2.70. The van der Waals surface area contributed by atoms with Crippen molar-refractivity contribution in [1.82, 2.24) is 4.90 Å². The van der Waals surface area contributed by atoms with Crippen LogP contribution in [0.15, 0.2) is 18.2 Å². The summed E-state index contributed by atoms with van der Waals surface area (Å²) in [4.78, 5) is 25.1. The molecule has 1 unspecified atom stereocenters. The maximum atomic E-state index is 12.3. The number of carboxylic acid groups (broad SMARTS) is 1. The Morgan fingerprint density at radius 3 is 2.59 bits per heavy atom. The number of carbonyl (C=O) groups is 2. The molecule has 1 saturated carbocycles. The van der Waals surface area contributed by atoms with Gasteiger partial charge < -0.3 is 14.7 Å². The first-order chi connectivity index (χ1) is 10.4. The molecule has 1 atom stereocenters. The highest BCUT2D eigenvalue weighted by molar-refractivity contribution is 6.42. The number of hydrogen-bond acceptors (Lipinski definition) is 3. The summed E-state index contributed by atoms with van der Waals surface area (Å²) >= 11 is 11.8. The maximum absolute atomic E-state index is 12.3. The van der Waals surface area contributed by atoms with E-state index in [4.69, 9.17) is 27.9 Å². The van der Waals surface area contributed by atoms with Crippen molar-refractivity contribution in [3.63, 3.8) is 0 Å². The third kappa shape index (κ3) is 2.75. The van der Waals surface area contributed by atoms with Gasteiger partial charge in [0.15, 0.2) is 0 Å². The molecular formula is C15H15Cl2NO4. The lowest BCUT2D eigenvalue weighted by Crippen LogP contribution is -2.40. The number of ether oxygens (including phenoxy) is 1. The standard InChI is InChI=1S/C15H15Cl2NO4/c16-11-2-1-9(7-12(11)17)22-10-3-6-18(8-10)13(19)15(4-5-15)14(20)21/h1-2,7,10H,3-6,8H2,(H,20,21). The largest absolute Gasteiger partial charge is 0.488 e. The highest BCUT2D eigenvalue weighted by Crippen LogP contribution is 2.48. The molecule has 1 aliphatic carbocycles. The van der Waals surface area contributed by atoms with Gasteiger partial charge in [0.25, 0.3) is 0 Å². The number of amides is 1. The van der Waals surface area contributed by atoms with Crippen molar-refractivity contribution in [2.24, 2.45) is 5.41 Å². The molecule has 7 heteroatoms. The van der Waals surface area contributed by atoms with Crippen LogP contribution in [-0.2, 0) is 9.59 Å². The second kappa shape index (κ2) is 5.63. The van der Waals surface area contributed by atoms with E-state index < -0.39 is 11.4 Å². The average molecular weight is 344 g/mol. The van der Waals surface area contributed by atoms with E-state index in [0.717, 1.165) is 0 Å². The van der Waals surface area contributed by atoms with Crippen LogP contribution in [0.1, 0.15) is 19.3 Å². The van der Waals surface area contributed by atoms with E-state index in [1.165, 1.54) is 0 Å². The van der Waals surface area contributed by atoms with Crippen LogP contribution in [-0.4, -0.2) is 41.1 Å². The second-order valence-corrected chi connectivity index (χ2v) is 6.56. The molecule has 0 spiro atoms. The van der Waals surface area contributed by atoms with E-state index in [-0.39, 0.29) is 12.0 Å². The molecule has 22 heavy (non-hydrogen) atoms. The summed E-state index contributed by atoms with van der Waals surface area (Å²) in [5, 5.41) is 10.0. The fourth-order valence-corrected chi connectivity index (χ4v) is 2.99. The molecule has 1 aliphatic heterocycles. The molecule has 2 fully saturated rings. The number of nitrogens with zero attached hydrogens (tertiary/aromatic N) is 1. The quantitative estimate of drug-likeness (QED) is 0.853. The van der Waals surface area contributed by atoms with Crippen molar-refractivity contribution in [3.05, 3.63) is 28.2 Å². The summed E-state index contributed by atoms with van der Waals surface area (Å²) < 4.78 is 5.80. The van der Waals surface area contributed by atoms with Crippen molar-refractivity contribution in [1.29, 1.82) is 0 Å². The van der Waals surface area contributed by atoms with Gasteiger partial charge in [0.1, 0.15) is 17.3 Å². The van der Waals surface area contributed by atoms with Gasteiger partial charge in [-0.25, -0.2) is 0 Å². The lowest BCUT2D eigenvalue weighted by molar-refractivity contribution is -0.153. The Hall–Kier alpha value is -1.46. The molecule has 1 aromatic rings. The second-order valence-electron chi connectivity index (χ2n) is 5.74. The van der Waals surface area contributed by atoms with E-state index in [9.17, 15) is 14.7 Å². The summed E-state index contributed by atoms with van der Waals surface area (Å²) in [7, 11) is 0. The third-order valence-electron chi connectivity index (χ3n) is 4.19. The number of halogens is 2. The predicted molar refractivity (Wildman–Crippen MR) is 81.4 cm³/mol. The minimum absolute atomic E-state index is 0.161. The van der Waals surface area contributed by atoms with Gasteiger partial charge in [0.05, 0.1) is 16.6 Å². The Morgan fingerprint density at radius 1 is 1.27 bits per heavy atom. The molecule has 2 aliphatic rings. The van der Waals surface area contributed by atoms with E-state index in [1.54, 1.807) is 23.1 Å². The monoisotopic (exact) mass is 343 g/mol. The molecule has 1 amide bonds. The molecule has 3 rings (SSSR count). The first-order valence-electron chi connectivity index (χ1n) is 7.07. The maximum Gasteiger partial charge on any atom is 0.319 e. The summed E-state index contributed by atoms with van der Waals surface area (Å²) in [5.74, 6) is -0.723. The van der Waals surface area contributed by atoms with Crippen molar-refractivity contribution >= 4 is 35.1 Å². The third-order valence-corrected chi connectivity index (χ3v) is 4.93.